The summed E-state index contributed by atoms with van der Waals surface area (Å²) in [5, 5.41) is 4.28. The third kappa shape index (κ3) is 5.55. The minimum absolute atomic E-state index is 0.101. The lowest BCUT2D eigenvalue weighted by molar-refractivity contribution is 0.479. The van der Waals surface area contributed by atoms with Crippen LogP contribution in [0.2, 0.25) is 0 Å². The van der Waals surface area contributed by atoms with Gasteiger partial charge < -0.3 is 24.4 Å². The fourth-order valence-corrected chi connectivity index (χ4v) is 6.65. The number of benzene rings is 3. The van der Waals surface area contributed by atoms with E-state index in [0.717, 1.165) is 47.2 Å². The first-order valence-electron chi connectivity index (χ1n) is 15.3. The molecule has 6 nitrogen and oxygen atoms in total. The number of hydrogen-bond acceptors (Lipinski definition) is 4. The molecule has 0 amide bonds. The van der Waals surface area contributed by atoms with Crippen LogP contribution >= 0.6 is 12.2 Å². The Hall–Kier alpha value is -4.62. The van der Waals surface area contributed by atoms with Crippen molar-refractivity contribution >= 4 is 28.7 Å². The van der Waals surface area contributed by atoms with Gasteiger partial charge in [0.05, 0.1) is 17.8 Å². The minimum Gasteiger partial charge on any atom is -0.457 e. The summed E-state index contributed by atoms with van der Waals surface area (Å²) in [6.07, 6.45) is 1.85. The normalized spacial score (nSPS) is 16.2. The van der Waals surface area contributed by atoms with Crippen LogP contribution in [0.15, 0.2) is 103 Å². The summed E-state index contributed by atoms with van der Waals surface area (Å²) in [5.41, 5.74) is 8.99. The second-order valence-electron chi connectivity index (χ2n) is 11.2. The number of aromatic nitrogens is 2. The van der Waals surface area contributed by atoms with Crippen molar-refractivity contribution in [2.75, 3.05) is 22.9 Å². The zero-order chi connectivity index (χ0) is 30.8. The van der Waals surface area contributed by atoms with Gasteiger partial charge in [-0.05, 0) is 131 Å². The smallest absolute Gasteiger partial charge is 0.174 e. The molecule has 1 aliphatic rings. The number of rotatable bonds is 9. The SMILES string of the molecule is CCN(CC)c1ccc(-n2c(C)cc([C@H]3[C@@H](c4ccccn4)NC(=S)N3c3ccc(Oc4ccccc4C)cc3)c2C)cc1. The van der Waals surface area contributed by atoms with Crippen LogP contribution in [0.4, 0.5) is 11.4 Å². The van der Waals surface area contributed by atoms with Crippen molar-refractivity contribution in [3.05, 3.63) is 131 Å². The number of hydrogen-bond donors (Lipinski definition) is 1. The van der Waals surface area contributed by atoms with Crippen molar-refractivity contribution in [1.82, 2.24) is 14.9 Å². The molecule has 0 aliphatic carbocycles. The van der Waals surface area contributed by atoms with Crippen LogP contribution in [-0.4, -0.2) is 27.8 Å². The molecule has 1 N–H and O–H groups in total. The summed E-state index contributed by atoms with van der Waals surface area (Å²) in [5.74, 6) is 1.63. The summed E-state index contributed by atoms with van der Waals surface area (Å²) in [7, 11) is 0. The Kier molecular flexibility index (Phi) is 8.40. The first kappa shape index (κ1) is 29.5. The van der Waals surface area contributed by atoms with Crippen molar-refractivity contribution in [3.63, 3.8) is 0 Å². The highest BCUT2D eigenvalue weighted by molar-refractivity contribution is 7.80. The highest BCUT2D eigenvalue weighted by atomic mass is 32.1. The number of nitrogens with zero attached hydrogens (tertiary/aromatic N) is 4. The molecule has 2 aromatic heterocycles. The molecule has 0 saturated carbocycles. The van der Waals surface area contributed by atoms with Crippen molar-refractivity contribution in [2.24, 2.45) is 0 Å². The topological polar surface area (TPSA) is 45.6 Å². The van der Waals surface area contributed by atoms with E-state index in [9.17, 15) is 0 Å². The van der Waals surface area contributed by atoms with Gasteiger partial charge in [0.15, 0.2) is 5.11 Å². The summed E-state index contributed by atoms with van der Waals surface area (Å²) in [4.78, 5) is 9.33. The number of anilines is 2. The van der Waals surface area contributed by atoms with Crippen LogP contribution < -0.4 is 19.9 Å². The van der Waals surface area contributed by atoms with Crippen LogP contribution in [0, 0.1) is 20.8 Å². The van der Waals surface area contributed by atoms with E-state index in [0.29, 0.717) is 5.11 Å². The van der Waals surface area contributed by atoms with Crippen molar-refractivity contribution in [3.8, 4) is 17.2 Å². The molecule has 0 unspecified atom stereocenters. The maximum absolute atomic E-state index is 6.20. The van der Waals surface area contributed by atoms with Crippen molar-refractivity contribution in [2.45, 2.75) is 46.7 Å². The Morgan fingerprint density at radius 3 is 2.18 bits per heavy atom. The van der Waals surface area contributed by atoms with Gasteiger partial charge in [-0.1, -0.05) is 24.3 Å². The maximum Gasteiger partial charge on any atom is 0.174 e. The molecule has 0 bridgehead atoms. The fourth-order valence-electron chi connectivity index (χ4n) is 6.31. The third-order valence-corrected chi connectivity index (χ3v) is 8.87. The van der Waals surface area contributed by atoms with Crippen molar-refractivity contribution in [1.29, 1.82) is 0 Å². The molecular weight excluding hydrogens is 563 g/mol. The Morgan fingerprint density at radius 1 is 0.841 bits per heavy atom. The van der Waals surface area contributed by atoms with Gasteiger partial charge in [-0.25, -0.2) is 0 Å². The van der Waals surface area contributed by atoms with Gasteiger partial charge >= 0.3 is 0 Å². The molecule has 6 rings (SSSR count). The Bertz CT molecular complexity index is 1740. The molecule has 44 heavy (non-hydrogen) atoms. The van der Waals surface area contributed by atoms with Crippen LogP contribution in [0.25, 0.3) is 5.69 Å². The zero-order valence-electron chi connectivity index (χ0n) is 26.0. The van der Waals surface area contributed by atoms with E-state index in [2.05, 4.69) is 109 Å². The number of aryl methyl sites for hydroxylation is 2. The molecule has 0 spiro atoms. The number of nitrogens with one attached hydrogen (secondary N) is 1. The van der Waals surface area contributed by atoms with E-state index >= 15 is 0 Å². The Morgan fingerprint density at radius 2 is 1.52 bits per heavy atom. The summed E-state index contributed by atoms with van der Waals surface area (Å²) >= 11 is 6.01. The van der Waals surface area contributed by atoms with E-state index in [-0.39, 0.29) is 12.1 Å². The van der Waals surface area contributed by atoms with Gasteiger partial charge in [-0.3, -0.25) is 4.98 Å². The standard InChI is InChI=1S/C37H39N5OS/c1-6-40(7-2)28-15-17-29(18-16-28)41-26(4)24-32(27(41)5)36-35(33-13-10-11-23-38-33)39-37(44)42(36)30-19-21-31(22-20-30)43-34-14-9-8-12-25(34)3/h8-24,35-36H,6-7H2,1-5H3,(H,39,44)/t35-,36+/m1/s1. The predicted octanol–water partition coefficient (Wildman–Crippen LogP) is 8.61. The second kappa shape index (κ2) is 12.5. The number of ether oxygens (including phenoxy) is 1. The lowest BCUT2D eigenvalue weighted by atomic mass is 9.96. The highest BCUT2D eigenvalue weighted by Gasteiger charge is 2.42. The highest BCUT2D eigenvalue weighted by Crippen LogP contribution is 2.44. The monoisotopic (exact) mass is 601 g/mol. The molecule has 5 aromatic rings. The number of pyridine rings is 1. The molecule has 3 heterocycles. The first-order chi connectivity index (χ1) is 21.4. The van der Waals surface area contributed by atoms with Gasteiger partial charge in [0, 0.05) is 47.7 Å². The van der Waals surface area contributed by atoms with E-state index in [4.69, 9.17) is 21.9 Å². The number of para-hydroxylation sites is 1. The Balaban J connectivity index is 1.38. The molecule has 3 aromatic carbocycles. The molecule has 7 heteroatoms. The predicted molar refractivity (Wildman–Crippen MR) is 184 cm³/mol. The molecule has 224 valence electrons. The van der Waals surface area contributed by atoms with Gasteiger partial charge in [0.1, 0.15) is 11.5 Å². The molecule has 2 atom stereocenters. The lowest BCUT2D eigenvalue weighted by Gasteiger charge is -2.28. The summed E-state index contributed by atoms with van der Waals surface area (Å²) in [6, 6.07) is 33.2. The van der Waals surface area contributed by atoms with Crippen LogP contribution in [0.3, 0.4) is 0 Å². The van der Waals surface area contributed by atoms with E-state index in [1.807, 2.05) is 48.7 Å². The minimum atomic E-state index is -0.120. The van der Waals surface area contributed by atoms with Crippen LogP contribution in [0.5, 0.6) is 11.5 Å². The number of thiocarbonyl (C=S) groups is 1. The van der Waals surface area contributed by atoms with Gasteiger partial charge in [-0.15, -0.1) is 0 Å². The van der Waals surface area contributed by atoms with Gasteiger partial charge in [-0.2, -0.15) is 0 Å². The summed E-state index contributed by atoms with van der Waals surface area (Å²) < 4.78 is 8.54. The Labute approximate surface area is 265 Å². The van der Waals surface area contributed by atoms with Gasteiger partial charge in [0.25, 0.3) is 0 Å². The van der Waals surface area contributed by atoms with E-state index < -0.39 is 0 Å². The fraction of sp³-hybridized carbons (Fsp3) is 0.243. The molecule has 1 fully saturated rings. The molecular formula is C37H39N5OS. The molecule has 1 aliphatic heterocycles. The van der Waals surface area contributed by atoms with E-state index in [1.165, 1.54) is 22.6 Å². The van der Waals surface area contributed by atoms with Crippen molar-refractivity contribution < 1.29 is 4.74 Å². The molecule has 1 saturated heterocycles. The largest absolute Gasteiger partial charge is 0.457 e. The quantitative estimate of drug-likeness (QED) is 0.171. The second-order valence-corrected chi connectivity index (χ2v) is 11.6. The average Bonchev–Trinajstić information content (AvgIpc) is 3.54. The van der Waals surface area contributed by atoms with Crippen LogP contribution in [0.1, 0.15) is 54.1 Å². The maximum atomic E-state index is 6.20. The lowest BCUT2D eigenvalue weighted by Crippen LogP contribution is -2.29. The first-order valence-corrected chi connectivity index (χ1v) is 15.7. The van der Waals surface area contributed by atoms with E-state index in [1.54, 1.807) is 0 Å². The summed E-state index contributed by atoms with van der Waals surface area (Å²) in [6.45, 7) is 12.8. The third-order valence-electron chi connectivity index (χ3n) is 8.56. The molecule has 0 radical (unpaired) electrons. The zero-order valence-corrected chi connectivity index (χ0v) is 26.8. The van der Waals surface area contributed by atoms with Gasteiger partial charge in [0.2, 0.25) is 0 Å². The average molecular weight is 602 g/mol. The van der Waals surface area contributed by atoms with Crippen LogP contribution in [-0.2, 0) is 0 Å².